The molecule has 0 radical (unpaired) electrons. The zero-order valence-electron chi connectivity index (χ0n) is 10.6. The first kappa shape index (κ1) is 12.3. The molecule has 0 aliphatic heterocycles. The van der Waals surface area contributed by atoms with Crippen LogP contribution in [0.15, 0.2) is 48.7 Å². The van der Waals surface area contributed by atoms with E-state index in [4.69, 9.17) is 0 Å². The van der Waals surface area contributed by atoms with Gasteiger partial charge < -0.3 is 4.90 Å². The fourth-order valence-electron chi connectivity index (χ4n) is 1.89. The molecule has 0 unspecified atom stereocenters. The van der Waals surface area contributed by atoms with Crippen molar-refractivity contribution < 1.29 is 4.79 Å². The fraction of sp³-hybridized carbons (Fsp3) is 0.200. The SMILES string of the molecule is CCN(C(=O)c1ccnc(C)c1)c1ccccc1. The number of aromatic nitrogens is 1. The molecular formula is C15H16N2O. The molecule has 1 aromatic carbocycles. The smallest absolute Gasteiger partial charge is 0.258 e. The van der Waals surface area contributed by atoms with Gasteiger partial charge in [0.05, 0.1) is 0 Å². The van der Waals surface area contributed by atoms with Gasteiger partial charge in [-0.15, -0.1) is 0 Å². The first-order valence-electron chi connectivity index (χ1n) is 6.02. The van der Waals surface area contributed by atoms with Gasteiger partial charge in [0.1, 0.15) is 0 Å². The quantitative estimate of drug-likeness (QED) is 0.826. The van der Waals surface area contributed by atoms with Crippen LogP contribution < -0.4 is 4.90 Å². The summed E-state index contributed by atoms with van der Waals surface area (Å²) in [6, 6.07) is 13.3. The average molecular weight is 240 g/mol. The Balaban J connectivity index is 2.32. The average Bonchev–Trinajstić information content (AvgIpc) is 2.41. The summed E-state index contributed by atoms with van der Waals surface area (Å²) >= 11 is 0. The summed E-state index contributed by atoms with van der Waals surface area (Å²) in [5.41, 5.74) is 2.44. The molecular weight excluding hydrogens is 224 g/mol. The van der Waals surface area contributed by atoms with E-state index < -0.39 is 0 Å². The van der Waals surface area contributed by atoms with Gasteiger partial charge in [0.15, 0.2) is 0 Å². The lowest BCUT2D eigenvalue weighted by atomic mass is 10.2. The van der Waals surface area contributed by atoms with Crippen LogP contribution in [-0.4, -0.2) is 17.4 Å². The van der Waals surface area contributed by atoms with Crippen LogP contribution >= 0.6 is 0 Å². The lowest BCUT2D eigenvalue weighted by Gasteiger charge is -2.21. The third kappa shape index (κ3) is 2.56. The second-order valence-corrected chi connectivity index (χ2v) is 4.07. The zero-order valence-corrected chi connectivity index (χ0v) is 10.6. The van der Waals surface area contributed by atoms with E-state index in [0.29, 0.717) is 12.1 Å². The molecule has 0 spiro atoms. The molecule has 1 heterocycles. The standard InChI is InChI=1S/C15H16N2O/c1-3-17(14-7-5-4-6-8-14)15(18)13-9-10-16-12(2)11-13/h4-11H,3H2,1-2H3. The lowest BCUT2D eigenvalue weighted by molar-refractivity contribution is 0.0988. The number of amides is 1. The van der Waals surface area contributed by atoms with Gasteiger partial charge in [0.2, 0.25) is 0 Å². The molecule has 0 aliphatic rings. The normalized spacial score (nSPS) is 10.1. The number of carbonyl (C=O) groups excluding carboxylic acids is 1. The third-order valence-electron chi connectivity index (χ3n) is 2.77. The summed E-state index contributed by atoms with van der Waals surface area (Å²) in [6.07, 6.45) is 1.67. The lowest BCUT2D eigenvalue weighted by Crippen LogP contribution is -2.30. The van der Waals surface area contributed by atoms with Crippen LogP contribution in [0.2, 0.25) is 0 Å². The van der Waals surface area contributed by atoms with E-state index in [9.17, 15) is 4.79 Å². The summed E-state index contributed by atoms with van der Waals surface area (Å²) < 4.78 is 0. The molecule has 3 nitrogen and oxygen atoms in total. The Labute approximate surface area is 107 Å². The molecule has 18 heavy (non-hydrogen) atoms. The predicted octanol–water partition coefficient (Wildman–Crippen LogP) is 3.06. The Hall–Kier alpha value is -2.16. The highest BCUT2D eigenvalue weighted by atomic mass is 16.2. The molecule has 0 saturated carbocycles. The van der Waals surface area contributed by atoms with Crippen LogP contribution in [0.1, 0.15) is 23.0 Å². The van der Waals surface area contributed by atoms with Crippen molar-refractivity contribution >= 4 is 11.6 Å². The van der Waals surface area contributed by atoms with Crippen molar-refractivity contribution in [2.24, 2.45) is 0 Å². The predicted molar refractivity (Wildman–Crippen MR) is 72.8 cm³/mol. The minimum atomic E-state index is 0.00852. The highest BCUT2D eigenvalue weighted by Crippen LogP contribution is 2.16. The van der Waals surface area contributed by atoms with E-state index in [1.165, 1.54) is 0 Å². The van der Waals surface area contributed by atoms with Gasteiger partial charge in [-0.25, -0.2) is 0 Å². The topological polar surface area (TPSA) is 33.2 Å². The van der Waals surface area contributed by atoms with Crippen molar-refractivity contribution in [3.63, 3.8) is 0 Å². The molecule has 92 valence electrons. The maximum Gasteiger partial charge on any atom is 0.258 e. The van der Waals surface area contributed by atoms with Gasteiger partial charge >= 0.3 is 0 Å². The Morgan fingerprint density at radius 2 is 1.94 bits per heavy atom. The van der Waals surface area contributed by atoms with Gasteiger partial charge in [0, 0.05) is 29.7 Å². The van der Waals surface area contributed by atoms with Crippen LogP contribution in [0, 0.1) is 6.92 Å². The van der Waals surface area contributed by atoms with Crippen molar-refractivity contribution in [3.05, 3.63) is 59.9 Å². The number of rotatable bonds is 3. The van der Waals surface area contributed by atoms with E-state index in [1.807, 2.05) is 50.2 Å². The summed E-state index contributed by atoms with van der Waals surface area (Å²) in [5, 5.41) is 0. The number of anilines is 1. The fourth-order valence-corrected chi connectivity index (χ4v) is 1.89. The number of benzene rings is 1. The maximum atomic E-state index is 12.4. The Morgan fingerprint density at radius 3 is 2.56 bits per heavy atom. The molecule has 0 fully saturated rings. The van der Waals surface area contributed by atoms with Crippen molar-refractivity contribution in [2.75, 3.05) is 11.4 Å². The van der Waals surface area contributed by atoms with Crippen LogP contribution in [0.3, 0.4) is 0 Å². The molecule has 0 N–H and O–H groups in total. The van der Waals surface area contributed by atoms with E-state index in [0.717, 1.165) is 11.4 Å². The largest absolute Gasteiger partial charge is 0.309 e. The molecule has 1 amide bonds. The molecule has 1 aromatic heterocycles. The number of nitrogens with zero attached hydrogens (tertiary/aromatic N) is 2. The van der Waals surface area contributed by atoms with Crippen LogP contribution in [0.4, 0.5) is 5.69 Å². The molecule has 3 heteroatoms. The number of hydrogen-bond donors (Lipinski definition) is 0. The number of aryl methyl sites for hydroxylation is 1. The minimum Gasteiger partial charge on any atom is -0.309 e. The maximum absolute atomic E-state index is 12.4. The summed E-state index contributed by atoms with van der Waals surface area (Å²) in [7, 11) is 0. The van der Waals surface area contributed by atoms with E-state index in [-0.39, 0.29) is 5.91 Å². The van der Waals surface area contributed by atoms with Crippen LogP contribution in [0.25, 0.3) is 0 Å². The summed E-state index contributed by atoms with van der Waals surface area (Å²) in [5.74, 6) is 0.00852. The number of para-hydroxylation sites is 1. The van der Waals surface area contributed by atoms with Crippen LogP contribution in [0.5, 0.6) is 0 Å². The highest BCUT2D eigenvalue weighted by Gasteiger charge is 2.15. The van der Waals surface area contributed by atoms with E-state index in [2.05, 4.69) is 4.98 Å². The molecule has 0 bridgehead atoms. The first-order valence-corrected chi connectivity index (χ1v) is 6.02. The Kier molecular flexibility index (Phi) is 3.72. The number of hydrogen-bond acceptors (Lipinski definition) is 2. The minimum absolute atomic E-state index is 0.00852. The molecule has 2 rings (SSSR count). The van der Waals surface area contributed by atoms with Crippen molar-refractivity contribution in [1.29, 1.82) is 0 Å². The van der Waals surface area contributed by atoms with Crippen molar-refractivity contribution in [2.45, 2.75) is 13.8 Å². The molecule has 0 aliphatic carbocycles. The van der Waals surface area contributed by atoms with Gasteiger partial charge in [-0.1, -0.05) is 18.2 Å². The van der Waals surface area contributed by atoms with Gasteiger partial charge in [0.25, 0.3) is 5.91 Å². The Bertz CT molecular complexity index is 537. The first-order chi connectivity index (χ1) is 8.72. The summed E-state index contributed by atoms with van der Waals surface area (Å²) in [6.45, 7) is 4.50. The van der Waals surface area contributed by atoms with E-state index >= 15 is 0 Å². The van der Waals surface area contributed by atoms with Gasteiger partial charge in [-0.3, -0.25) is 9.78 Å². The molecule has 2 aromatic rings. The van der Waals surface area contributed by atoms with Gasteiger partial charge in [-0.05, 0) is 38.1 Å². The molecule has 0 saturated heterocycles. The summed E-state index contributed by atoms with van der Waals surface area (Å²) in [4.78, 5) is 18.3. The third-order valence-corrected chi connectivity index (χ3v) is 2.77. The van der Waals surface area contributed by atoms with Crippen molar-refractivity contribution in [3.8, 4) is 0 Å². The van der Waals surface area contributed by atoms with Crippen molar-refractivity contribution in [1.82, 2.24) is 4.98 Å². The number of pyridine rings is 1. The zero-order chi connectivity index (χ0) is 13.0. The van der Waals surface area contributed by atoms with Crippen LogP contribution in [-0.2, 0) is 0 Å². The molecule has 0 atom stereocenters. The number of carbonyl (C=O) groups is 1. The monoisotopic (exact) mass is 240 g/mol. The highest BCUT2D eigenvalue weighted by molar-refractivity contribution is 6.06. The van der Waals surface area contributed by atoms with Gasteiger partial charge in [-0.2, -0.15) is 0 Å². The van der Waals surface area contributed by atoms with E-state index in [1.54, 1.807) is 17.2 Å². The Morgan fingerprint density at radius 1 is 1.22 bits per heavy atom. The second kappa shape index (κ2) is 5.45. The second-order valence-electron chi connectivity index (χ2n) is 4.07.